The van der Waals surface area contributed by atoms with Gasteiger partial charge in [0.2, 0.25) is 5.91 Å². The summed E-state index contributed by atoms with van der Waals surface area (Å²) >= 11 is 0. The molecule has 1 atom stereocenters. The molecule has 5 nitrogen and oxygen atoms in total. The van der Waals surface area contributed by atoms with Gasteiger partial charge in [-0.05, 0) is 18.6 Å². The van der Waals surface area contributed by atoms with Crippen molar-refractivity contribution < 1.29 is 19.1 Å². The topological polar surface area (TPSA) is 70.8 Å². The maximum absolute atomic E-state index is 11.2. The molecule has 0 aromatic carbocycles. The van der Waals surface area contributed by atoms with Crippen molar-refractivity contribution in [1.82, 2.24) is 4.90 Å². The number of nitrogens with zero attached hydrogens (tertiary/aromatic N) is 1. The van der Waals surface area contributed by atoms with E-state index in [-0.39, 0.29) is 18.5 Å². The van der Waals surface area contributed by atoms with E-state index in [1.165, 1.54) is 4.90 Å². The maximum Gasteiger partial charge on any atom is 0.323 e. The smallest absolute Gasteiger partial charge is 0.323 e. The van der Waals surface area contributed by atoms with Gasteiger partial charge in [0.05, 0.1) is 6.26 Å². The molecule has 1 fully saturated rings. The van der Waals surface area contributed by atoms with Gasteiger partial charge in [0.25, 0.3) is 0 Å². The maximum atomic E-state index is 11.2. The largest absolute Gasteiger partial charge is 0.480 e. The molecule has 1 aromatic heterocycles. The zero-order chi connectivity index (χ0) is 11.5. The van der Waals surface area contributed by atoms with Crippen LogP contribution in [0.5, 0.6) is 0 Å². The number of β-lactam (4-membered cyclic amide) rings is 1. The predicted molar refractivity (Wildman–Crippen MR) is 54.8 cm³/mol. The van der Waals surface area contributed by atoms with E-state index in [9.17, 15) is 9.59 Å². The van der Waals surface area contributed by atoms with Gasteiger partial charge < -0.3 is 14.4 Å². The molecular weight excluding hydrogens is 210 g/mol. The Labute approximate surface area is 92.7 Å². The third kappa shape index (κ3) is 2.24. The lowest BCUT2D eigenvalue weighted by atomic mass is 9.96. The van der Waals surface area contributed by atoms with Crippen molar-refractivity contribution in [3.8, 4) is 0 Å². The van der Waals surface area contributed by atoms with E-state index in [1.54, 1.807) is 6.26 Å². The molecule has 5 heteroatoms. The molecule has 1 aliphatic heterocycles. The quantitative estimate of drug-likeness (QED) is 0.753. The van der Waals surface area contributed by atoms with Crippen LogP contribution in [0.1, 0.15) is 18.6 Å². The monoisotopic (exact) mass is 223 g/mol. The first kappa shape index (κ1) is 10.7. The molecule has 0 aliphatic carbocycles. The molecule has 0 unspecified atom stereocenters. The molecule has 86 valence electrons. The number of rotatable bonds is 5. The Morgan fingerprint density at radius 3 is 3.00 bits per heavy atom. The number of carbonyl (C=O) groups excluding carboxylic acids is 1. The lowest BCUT2D eigenvalue weighted by Crippen LogP contribution is -2.54. The number of furan rings is 1. The van der Waals surface area contributed by atoms with Crippen molar-refractivity contribution in [2.45, 2.75) is 25.3 Å². The van der Waals surface area contributed by atoms with Crippen LogP contribution in [0.2, 0.25) is 0 Å². The van der Waals surface area contributed by atoms with Gasteiger partial charge in [-0.1, -0.05) is 0 Å². The first-order valence-corrected chi connectivity index (χ1v) is 5.20. The molecule has 1 aliphatic rings. The van der Waals surface area contributed by atoms with Crippen LogP contribution in [0.4, 0.5) is 0 Å². The van der Waals surface area contributed by atoms with E-state index >= 15 is 0 Å². The molecule has 16 heavy (non-hydrogen) atoms. The minimum absolute atomic E-state index is 0.0497. The van der Waals surface area contributed by atoms with Crippen molar-refractivity contribution in [2.24, 2.45) is 0 Å². The summed E-state index contributed by atoms with van der Waals surface area (Å²) in [7, 11) is 0. The fourth-order valence-corrected chi connectivity index (χ4v) is 1.90. The average molecular weight is 223 g/mol. The zero-order valence-electron chi connectivity index (χ0n) is 8.76. The van der Waals surface area contributed by atoms with E-state index < -0.39 is 5.97 Å². The highest BCUT2D eigenvalue weighted by Gasteiger charge is 2.36. The number of amides is 1. The Bertz CT molecular complexity index is 385. The van der Waals surface area contributed by atoms with E-state index in [4.69, 9.17) is 9.52 Å². The van der Waals surface area contributed by atoms with Gasteiger partial charge in [0, 0.05) is 18.9 Å². The van der Waals surface area contributed by atoms with Crippen molar-refractivity contribution >= 4 is 11.9 Å². The number of aliphatic carboxylic acids is 1. The third-order valence-corrected chi connectivity index (χ3v) is 2.78. The van der Waals surface area contributed by atoms with Crippen LogP contribution in [0.15, 0.2) is 22.8 Å². The summed E-state index contributed by atoms with van der Waals surface area (Å²) in [6.07, 6.45) is 3.55. The number of carboxylic acids is 1. The lowest BCUT2D eigenvalue weighted by Gasteiger charge is -2.39. The van der Waals surface area contributed by atoms with Crippen LogP contribution < -0.4 is 0 Å². The van der Waals surface area contributed by atoms with Gasteiger partial charge in [0.15, 0.2) is 0 Å². The van der Waals surface area contributed by atoms with Gasteiger partial charge in [-0.15, -0.1) is 0 Å². The summed E-state index contributed by atoms with van der Waals surface area (Å²) in [5.41, 5.74) is 0. The summed E-state index contributed by atoms with van der Waals surface area (Å²) < 4.78 is 5.18. The highest BCUT2D eigenvalue weighted by molar-refractivity contribution is 5.86. The molecule has 1 saturated heterocycles. The highest BCUT2D eigenvalue weighted by atomic mass is 16.4. The summed E-state index contributed by atoms with van der Waals surface area (Å²) in [6.45, 7) is -0.193. The Morgan fingerprint density at radius 2 is 2.44 bits per heavy atom. The lowest BCUT2D eigenvalue weighted by molar-refractivity contribution is -0.155. The number of hydrogen-bond donors (Lipinski definition) is 1. The molecule has 1 amide bonds. The number of carboxylic acid groups (broad SMARTS) is 1. The van der Waals surface area contributed by atoms with Gasteiger partial charge in [-0.3, -0.25) is 9.59 Å². The third-order valence-electron chi connectivity index (χ3n) is 2.78. The Balaban J connectivity index is 1.82. The normalized spacial score (nSPS) is 19.6. The molecule has 1 aromatic rings. The van der Waals surface area contributed by atoms with Gasteiger partial charge in [-0.2, -0.15) is 0 Å². The molecule has 0 radical (unpaired) electrons. The van der Waals surface area contributed by atoms with Crippen molar-refractivity contribution in [1.29, 1.82) is 0 Å². The van der Waals surface area contributed by atoms with E-state index in [2.05, 4.69) is 0 Å². The Hall–Kier alpha value is -1.78. The highest BCUT2D eigenvalue weighted by Crippen LogP contribution is 2.23. The molecular formula is C11H13NO4. The SMILES string of the molecule is O=C(O)CN1C(=O)C[C@H]1CCc1ccco1. The van der Waals surface area contributed by atoms with Crippen LogP contribution in [-0.4, -0.2) is 34.5 Å². The number of carbonyl (C=O) groups is 2. The zero-order valence-corrected chi connectivity index (χ0v) is 8.76. The standard InChI is InChI=1S/C11H13NO4/c13-10-6-8(12(10)7-11(14)15)3-4-9-2-1-5-16-9/h1-2,5,8H,3-4,6-7H2,(H,14,15)/t8-/m1/s1. The Kier molecular flexibility index (Phi) is 2.94. The van der Waals surface area contributed by atoms with Gasteiger partial charge in [-0.25, -0.2) is 0 Å². The second-order valence-electron chi connectivity index (χ2n) is 3.89. The molecule has 2 rings (SSSR count). The molecule has 0 bridgehead atoms. The summed E-state index contributed by atoms with van der Waals surface area (Å²) in [5, 5.41) is 8.62. The summed E-state index contributed by atoms with van der Waals surface area (Å²) in [6, 6.07) is 3.74. The number of aryl methyl sites for hydroxylation is 1. The van der Waals surface area contributed by atoms with Crippen LogP contribution in [0.25, 0.3) is 0 Å². The van der Waals surface area contributed by atoms with Crippen LogP contribution in [-0.2, 0) is 16.0 Å². The molecule has 2 heterocycles. The van der Waals surface area contributed by atoms with Crippen LogP contribution in [0, 0.1) is 0 Å². The van der Waals surface area contributed by atoms with Gasteiger partial charge in [0.1, 0.15) is 12.3 Å². The summed E-state index contributed by atoms with van der Waals surface area (Å²) in [4.78, 5) is 23.1. The van der Waals surface area contributed by atoms with Crippen molar-refractivity contribution in [3.63, 3.8) is 0 Å². The number of hydrogen-bond acceptors (Lipinski definition) is 3. The van der Waals surface area contributed by atoms with Crippen molar-refractivity contribution in [2.75, 3.05) is 6.54 Å². The van der Waals surface area contributed by atoms with Crippen molar-refractivity contribution in [3.05, 3.63) is 24.2 Å². The van der Waals surface area contributed by atoms with E-state index in [1.807, 2.05) is 12.1 Å². The minimum atomic E-state index is -0.962. The second-order valence-corrected chi connectivity index (χ2v) is 3.89. The van der Waals surface area contributed by atoms with E-state index in [0.29, 0.717) is 6.42 Å². The first-order valence-electron chi connectivity index (χ1n) is 5.20. The second kappa shape index (κ2) is 4.38. The van der Waals surface area contributed by atoms with Crippen LogP contribution in [0.3, 0.4) is 0 Å². The Morgan fingerprint density at radius 1 is 1.62 bits per heavy atom. The minimum Gasteiger partial charge on any atom is -0.480 e. The molecule has 0 saturated carbocycles. The number of likely N-dealkylation sites (tertiary alicyclic amines) is 1. The fourth-order valence-electron chi connectivity index (χ4n) is 1.90. The predicted octanol–water partition coefficient (Wildman–Crippen LogP) is 0.898. The average Bonchev–Trinajstić information content (AvgIpc) is 2.73. The fraction of sp³-hybridized carbons (Fsp3) is 0.455. The molecule has 1 N–H and O–H groups in total. The molecule has 0 spiro atoms. The van der Waals surface area contributed by atoms with Crippen LogP contribution >= 0.6 is 0 Å². The first-order chi connectivity index (χ1) is 7.66. The summed E-state index contributed by atoms with van der Waals surface area (Å²) in [5.74, 6) is -0.169. The van der Waals surface area contributed by atoms with Gasteiger partial charge >= 0.3 is 5.97 Å². The van der Waals surface area contributed by atoms with E-state index in [0.717, 1.165) is 18.6 Å².